The molecule has 2 bridgehead atoms. The molecule has 2 saturated carbocycles. The quantitative estimate of drug-likeness (QED) is 0.690. The molecule has 2 aliphatic carbocycles. The van der Waals surface area contributed by atoms with Crippen molar-refractivity contribution in [2.24, 2.45) is 5.92 Å². The molecule has 2 aliphatic rings. The lowest BCUT2D eigenvalue weighted by Gasteiger charge is -2.27. The van der Waals surface area contributed by atoms with Crippen LogP contribution in [0.4, 0.5) is 0 Å². The van der Waals surface area contributed by atoms with Crippen LogP contribution >= 0.6 is 0 Å². The second-order valence-corrected chi connectivity index (χ2v) is 8.68. The zero-order chi connectivity index (χ0) is 13.4. The molecular weight excluding hydrogens is 260 g/mol. The highest BCUT2D eigenvalue weighted by atomic mass is 32.2. The number of hydrogen-bond acceptors (Lipinski definition) is 0. The van der Waals surface area contributed by atoms with E-state index in [1.165, 1.54) is 32.1 Å². The van der Waals surface area contributed by atoms with Gasteiger partial charge in [0.1, 0.15) is 4.75 Å². The van der Waals surface area contributed by atoms with Crippen LogP contribution < -0.4 is 0 Å². The summed E-state index contributed by atoms with van der Waals surface area (Å²) in [6.45, 7) is 0. The van der Waals surface area contributed by atoms with E-state index < -0.39 is 0 Å². The molecule has 0 radical (unpaired) electrons. The molecule has 0 atom stereocenters. The fourth-order valence-corrected chi connectivity index (χ4v) is 7.35. The van der Waals surface area contributed by atoms with E-state index in [9.17, 15) is 0 Å². The van der Waals surface area contributed by atoms with Gasteiger partial charge < -0.3 is 0 Å². The highest BCUT2D eigenvalue weighted by molar-refractivity contribution is 7.98. The third kappa shape index (κ3) is 2.00. The summed E-state index contributed by atoms with van der Waals surface area (Å²) in [4.78, 5) is 3.09. The van der Waals surface area contributed by atoms with Gasteiger partial charge in [-0.05, 0) is 55.9 Å². The second-order valence-electron chi connectivity index (χ2n) is 6.26. The first kappa shape index (κ1) is 12.5. The van der Waals surface area contributed by atoms with Crippen molar-refractivity contribution in [3.8, 4) is 0 Å². The van der Waals surface area contributed by atoms with Crippen LogP contribution in [0.25, 0.3) is 0 Å². The summed E-state index contributed by atoms with van der Waals surface area (Å²) in [5.41, 5.74) is 0. The molecule has 0 unspecified atom stereocenters. The molecule has 0 aliphatic heterocycles. The van der Waals surface area contributed by atoms with E-state index in [0.29, 0.717) is 4.75 Å². The van der Waals surface area contributed by atoms with E-state index in [-0.39, 0.29) is 10.9 Å². The smallest absolute Gasteiger partial charge is 0.0619 e. The fourth-order valence-electron chi connectivity index (χ4n) is 4.17. The van der Waals surface area contributed by atoms with Gasteiger partial charge in [-0.15, -0.1) is 0 Å². The molecule has 0 amide bonds. The molecule has 20 heavy (non-hydrogen) atoms. The molecule has 0 saturated heterocycles. The maximum absolute atomic E-state index is 2.34. The average Bonchev–Trinajstić information content (AvgIpc) is 3.11. The first-order valence-electron chi connectivity index (χ1n) is 7.72. The first-order valence-corrected chi connectivity index (χ1v) is 8.94. The van der Waals surface area contributed by atoms with Crippen molar-refractivity contribution >= 4 is 10.9 Å². The molecule has 0 aromatic heterocycles. The fraction of sp³-hybridized carbons (Fsp3) is 0.368. The topological polar surface area (TPSA) is 0 Å². The molecule has 0 spiro atoms. The molecule has 2 fully saturated rings. The number of benzene rings is 2. The predicted molar refractivity (Wildman–Crippen MR) is 86.1 cm³/mol. The minimum Gasteiger partial charge on any atom is -0.0619 e. The molecule has 1 heteroatoms. The third-order valence-electron chi connectivity index (χ3n) is 5.07. The molecule has 2 aromatic rings. The Morgan fingerprint density at radius 2 is 1.25 bits per heavy atom. The maximum Gasteiger partial charge on any atom is 0.161 e. The zero-order valence-corrected chi connectivity index (χ0v) is 12.6. The summed E-state index contributed by atoms with van der Waals surface area (Å²) in [5.74, 6) is 1.01. The minimum atomic E-state index is 0.256. The molecule has 102 valence electrons. The van der Waals surface area contributed by atoms with Crippen molar-refractivity contribution in [3.63, 3.8) is 0 Å². The van der Waals surface area contributed by atoms with Gasteiger partial charge in [0.05, 0.1) is 10.9 Å². The molecule has 0 nitrogen and oxygen atoms in total. The van der Waals surface area contributed by atoms with E-state index in [4.69, 9.17) is 0 Å². The highest BCUT2D eigenvalue weighted by Gasteiger charge is 2.58. The molecule has 2 aromatic carbocycles. The van der Waals surface area contributed by atoms with Gasteiger partial charge in [-0.2, -0.15) is 0 Å². The second kappa shape index (κ2) is 4.96. The zero-order valence-electron chi connectivity index (χ0n) is 11.8. The summed E-state index contributed by atoms with van der Waals surface area (Å²) < 4.78 is 0.563. The van der Waals surface area contributed by atoms with Gasteiger partial charge in [-0.3, -0.25) is 0 Å². The number of hydrogen-bond donors (Lipinski definition) is 0. The monoisotopic (exact) mass is 281 g/mol. The van der Waals surface area contributed by atoms with Crippen molar-refractivity contribution in [2.75, 3.05) is 0 Å². The van der Waals surface area contributed by atoms with Crippen LogP contribution in [-0.2, 0) is 10.9 Å². The summed E-state index contributed by atoms with van der Waals surface area (Å²) >= 11 is 0. The van der Waals surface area contributed by atoms with Crippen molar-refractivity contribution in [1.29, 1.82) is 0 Å². The Morgan fingerprint density at radius 1 is 0.750 bits per heavy atom. The van der Waals surface area contributed by atoms with Crippen molar-refractivity contribution in [2.45, 2.75) is 46.6 Å². The maximum atomic E-state index is 2.34. The summed E-state index contributed by atoms with van der Waals surface area (Å²) in [6.07, 6.45) is 7.25. The van der Waals surface area contributed by atoms with Gasteiger partial charge >= 0.3 is 0 Å². The normalized spacial score (nSPS) is 28.1. The Labute approximate surface area is 124 Å². The van der Waals surface area contributed by atoms with Crippen LogP contribution in [0, 0.1) is 5.92 Å². The SMILES string of the molecule is c1ccc([S+](c2ccccc2)C23CCC(CC2)C3)cc1. The summed E-state index contributed by atoms with van der Waals surface area (Å²) in [5, 5.41) is 0. The first-order chi connectivity index (χ1) is 9.87. The van der Waals surface area contributed by atoms with Crippen LogP contribution in [0.1, 0.15) is 32.1 Å². The van der Waals surface area contributed by atoms with Gasteiger partial charge in [0.2, 0.25) is 0 Å². The molecule has 4 rings (SSSR count). The van der Waals surface area contributed by atoms with Crippen LogP contribution in [0.2, 0.25) is 0 Å². The van der Waals surface area contributed by atoms with E-state index in [2.05, 4.69) is 60.7 Å². The Bertz CT molecular complexity index is 528. The summed E-state index contributed by atoms with van der Waals surface area (Å²) in [7, 11) is 0.256. The lowest BCUT2D eigenvalue weighted by Crippen LogP contribution is -2.34. The molecule has 0 N–H and O–H groups in total. The van der Waals surface area contributed by atoms with Gasteiger partial charge in [0, 0.05) is 6.42 Å². The minimum absolute atomic E-state index is 0.256. The van der Waals surface area contributed by atoms with Crippen LogP contribution in [0.3, 0.4) is 0 Å². The van der Waals surface area contributed by atoms with Crippen molar-refractivity contribution in [1.82, 2.24) is 0 Å². The Hall–Kier alpha value is -1.21. The number of rotatable bonds is 3. The van der Waals surface area contributed by atoms with E-state index in [0.717, 1.165) is 5.92 Å². The third-order valence-corrected chi connectivity index (χ3v) is 8.00. The lowest BCUT2D eigenvalue weighted by molar-refractivity contribution is 0.497. The Kier molecular flexibility index (Phi) is 3.11. The van der Waals surface area contributed by atoms with Gasteiger partial charge in [-0.1, -0.05) is 36.4 Å². The number of fused-ring (bicyclic) bond motifs is 2. The Balaban J connectivity index is 1.82. The van der Waals surface area contributed by atoms with E-state index in [1.807, 2.05) is 0 Å². The molecular formula is C19H21S+. The standard InChI is InChI=1S/C19H21S/c1-3-7-17(8-4-1)20(18-9-5-2-6-10-18)19-13-11-16(15-19)12-14-19/h1-10,16H,11-15H2/q+1. The predicted octanol–water partition coefficient (Wildman–Crippen LogP) is 5.06. The van der Waals surface area contributed by atoms with Crippen molar-refractivity contribution in [3.05, 3.63) is 60.7 Å². The van der Waals surface area contributed by atoms with Gasteiger partial charge in [-0.25, -0.2) is 0 Å². The van der Waals surface area contributed by atoms with Gasteiger partial charge in [0.15, 0.2) is 9.79 Å². The van der Waals surface area contributed by atoms with E-state index in [1.54, 1.807) is 9.79 Å². The van der Waals surface area contributed by atoms with Crippen molar-refractivity contribution < 1.29 is 0 Å². The van der Waals surface area contributed by atoms with Crippen LogP contribution in [0.15, 0.2) is 70.5 Å². The largest absolute Gasteiger partial charge is 0.161 e. The molecule has 0 heterocycles. The van der Waals surface area contributed by atoms with Gasteiger partial charge in [0.25, 0.3) is 0 Å². The van der Waals surface area contributed by atoms with E-state index >= 15 is 0 Å². The highest BCUT2D eigenvalue weighted by Crippen LogP contribution is 2.56. The summed E-state index contributed by atoms with van der Waals surface area (Å²) in [6, 6.07) is 22.5. The van der Waals surface area contributed by atoms with Crippen LogP contribution in [0.5, 0.6) is 0 Å². The lowest BCUT2D eigenvalue weighted by atomic mass is 10.0. The average molecular weight is 281 g/mol. The Morgan fingerprint density at radius 3 is 1.65 bits per heavy atom. The van der Waals surface area contributed by atoms with Crippen LogP contribution in [-0.4, -0.2) is 4.75 Å².